The van der Waals surface area contributed by atoms with E-state index in [1.165, 1.54) is 0 Å². The molecular formula is C12H16BrNO3. The first-order valence-corrected chi connectivity index (χ1v) is 6.09. The zero-order chi connectivity index (χ0) is 12.8. The van der Waals surface area contributed by atoms with E-state index in [2.05, 4.69) is 28.2 Å². The lowest BCUT2D eigenvalue weighted by Crippen LogP contribution is -2.16. The molecule has 4 nitrogen and oxygen atoms in total. The maximum Gasteiger partial charge on any atom is 0.335 e. The number of rotatable bonds is 6. The smallest absolute Gasteiger partial charge is 0.335 e. The van der Waals surface area contributed by atoms with Crippen molar-refractivity contribution >= 4 is 27.6 Å². The molecule has 1 aromatic carbocycles. The third-order valence-electron chi connectivity index (χ3n) is 2.31. The Labute approximate surface area is 109 Å². The Hall–Kier alpha value is -1.07. The predicted molar refractivity (Wildman–Crippen MR) is 70.6 cm³/mol. The minimum absolute atomic E-state index is 0.271. The standard InChI is InChI=1S/C12H16BrNO3/c1-8(7-17-2)6-14-11-4-3-9(12(15)16)5-10(11)13/h3-5,8,14H,6-7H2,1-2H3,(H,15,16). The summed E-state index contributed by atoms with van der Waals surface area (Å²) < 4.78 is 5.80. The van der Waals surface area contributed by atoms with Crippen molar-refractivity contribution in [1.29, 1.82) is 0 Å². The average Bonchev–Trinajstić information content (AvgIpc) is 2.27. The number of carboxylic acids is 1. The molecule has 0 saturated heterocycles. The quantitative estimate of drug-likeness (QED) is 0.848. The maximum atomic E-state index is 10.8. The lowest BCUT2D eigenvalue weighted by atomic mass is 10.1. The summed E-state index contributed by atoms with van der Waals surface area (Å²) in [5.74, 6) is -0.531. The molecule has 1 rings (SSSR count). The molecule has 5 heteroatoms. The Kier molecular flexibility index (Phi) is 5.44. The minimum atomic E-state index is -0.926. The van der Waals surface area contributed by atoms with Gasteiger partial charge in [-0.3, -0.25) is 0 Å². The Morgan fingerprint density at radius 1 is 1.59 bits per heavy atom. The van der Waals surface area contributed by atoms with Crippen LogP contribution in [0.25, 0.3) is 0 Å². The highest BCUT2D eigenvalue weighted by Gasteiger charge is 2.07. The summed E-state index contributed by atoms with van der Waals surface area (Å²) in [6, 6.07) is 4.93. The fourth-order valence-electron chi connectivity index (χ4n) is 1.42. The van der Waals surface area contributed by atoms with Gasteiger partial charge in [-0.1, -0.05) is 6.92 Å². The first kappa shape index (κ1) is 14.0. The zero-order valence-electron chi connectivity index (χ0n) is 9.87. The third-order valence-corrected chi connectivity index (χ3v) is 2.96. The lowest BCUT2D eigenvalue weighted by molar-refractivity contribution is 0.0697. The number of carboxylic acid groups (broad SMARTS) is 1. The topological polar surface area (TPSA) is 58.6 Å². The number of aromatic carboxylic acids is 1. The number of halogens is 1. The molecular weight excluding hydrogens is 286 g/mol. The molecule has 0 radical (unpaired) electrons. The van der Waals surface area contributed by atoms with Crippen molar-refractivity contribution in [3.05, 3.63) is 28.2 Å². The zero-order valence-corrected chi connectivity index (χ0v) is 11.5. The highest BCUT2D eigenvalue weighted by molar-refractivity contribution is 9.10. The summed E-state index contributed by atoms with van der Waals surface area (Å²) in [5.41, 5.74) is 1.16. The van der Waals surface area contributed by atoms with E-state index in [1.54, 1.807) is 25.3 Å². The molecule has 1 aromatic rings. The third kappa shape index (κ3) is 4.36. The minimum Gasteiger partial charge on any atom is -0.478 e. The number of nitrogens with one attached hydrogen (secondary N) is 1. The van der Waals surface area contributed by atoms with Gasteiger partial charge in [-0.2, -0.15) is 0 Å². The molecule has 1 unspecified atom stereocenters. The first-order chi connectivity index (χ1) is 8.04. The molecule has 0 aliphatic heterocycles. The fourth-order valence-corrected chi connectivity index (χ4v) is 1.94. The molecule has 17 heavy (non-hydrogen) atoms. The van der Waals surface area contributed by atoms with Crippen LogP contribution in [0.15, 0.2) is 22.7 Å². The average molecular weight is 302 g/mol. The molecule has 94 valence electrons. The summed E-state index contributed by atoms with van der Waals surface area (Å²) in [6.07, 6.45) is 0. The molecule has 1 atom stereocenters. The molecule has 0 amide bonds. The first-order valence-electron chi connectivity index (χ1n) is 5.30. The van der Waals surface area contributed by atoms with Crippen LogP contribution in [0, 0.1) is 5.92 Å². The van der Waals surface area contributed by atoms with E-state index in [0.717, 1.165) is 16.7 Å². The van der Waals surface area contributed by atoms with Gasteiger partial charge in [-0.05, 0) is 40.0 Å². The summed E-state index contributed by atoms with van der Waals surface area (Å²) in [4.78, 5) is 10.8. The van der Waals surface area contributed by atoms with E-state index < -0.39 is 5.97 Å². The van der Waals surface area contributed by atoms with Crippen LogP contribution < -0.4 is 5.32 Å². The van der Waals surface area contributed by atoms with Gasteiger partial charge in [0.1, 0.15) is 0 Å². The summed E-state index contributed by atoms with van der Waals surface area (Å²) >= 11 is 3.35. The normalized spacial score (nSPS) is 12.2. The van der Waals surface area contributed by atoms with E-state index in [0.29, 0.717) is 12.5 Å². The van der Waals surface area contributed by atoms with Gasteiger partial charge in [0, 0.05) is 23.8 Å². The maximum absolute atomic E-state index is 10.8. The molecule has 0 aliphatic rings. The van der Waals surface area contributed by atoms with Crippen LogP contribution in [-0.4, -0.2) is 31.3 Å². The van der Waals surface area contributed by atoms with Gasteiger partial charge in [-0.15, -0.1) is 0 Å². The predicted octanol–water partition coefficient (Wildman–Crippen LogP) is 2.84. The molecule has 2 N–H and O–H groups in total. The Bertz CT molecular complexity index is 395. The molecule has 0 heterocycles. The summed E-state index contributed by atoms with van der Waals surface area (Å²) in [7, 11) is 1.67. The number of ether oxygens (including phenoxy) is 1. The second-order valence-electron chi connectivity index (χ2n) is 3.94. The van der Waals surface area contributed by atoms with Gasteiger partial charge in [-0.25, -0.2) is 4.79 Å². The van der Waals surface area contributed by atoms with Crippen LogP contribution in [-0.2, 0) is 4.74 Å². The number of carbonyl (C=O) groups is 1. The van der Waals surface area contributed by atoms with Gasteiger partial charge >= 0.3 is 5.97 Å². The van der Waals surface area contributed by atoms with Crippen LogP contribution in [0.3, 0.4) is 0 Å². The van der Waals surface area contributed by atoms with Crippen LogP contribution in [0.4, 0.5) is 5.69 Å². The van der Waals surface area contributed by atoms with Crippen molar-refractivity contribution in [2.75, 3.05) is 25.6 Å². The Morgan fingerprint density at radius 2 is 2.29 bits per heavy atom. The highest BCUT2D eigenvalue weighted by Crippen LogP contribution is 2.23. The van der Waals surface area contributed by atoms with Crippen LogP contribution in [0.5, 0.6) is 0 Å². The van der Waals surface area contributed by atoms with Gasteiger partial charge < -0.3 is 15.2 Å². The van der Waals surface area contributed by atoms with E-state index in [1.807, 2.05) is 0 Å². The van der Waals surface area contributed by atoms with E-state index in [9.17, 15) is 4.79 Å². The molecule has 0 bridgehead atoms. The highest BCUT2D eigenvalue weighted by atomic mass is 79.9. The summed E-state index contributed by atoms with van der Waals surface area (Å²) in [5, 5.41) is 12.1. The van der Waals surface area contributed by atoms with Crippen molar-refractivity contribution in [1.82, 2.24) is 0 Å². The number of methoxy groups -OCH3 is 1. The van der Waals surface area contributed by atoms with Gasteiger partial charge in [0.05, 0.1) is 12.2 Å². The number of anilines is 1. The van der Waals surface area contributed by atoms with Gasteiger partial charge in [0.15, 0.2) is 0 Å². The largest absolute Gasteiger partial charge is 0.478 e. The summed E-state index contributed by atoms with van der Waals surface area (Å²) in [6.45, 7) is 3.55. The Balaban J connectivity index is 2.63. The van der Waals surface area contributed by atoms with Crippen molar-refractivity contribution in [3.63, 3.8) is 0 Å². The van der Waals surface area contributed by atoms with Crippen molar-refractivity contribution < 1.29 is 14.6 Å². The van der Waals surface area contributed by atoms with Crippen molar-refractivity contribution in [3.8, 4) is 0 Å². The monoisotopic (exact) mass is 301 g/mol. The fraction of sp³-hybridized carbons (Fsp3) is 0.417. The number of benzene rings is 1. The van der Waals surface area contributed by atoms with Gasteiger partial charge in [0.2, 0.25) is 0 Å². The molecule has 0 saturated carbocycles. The molecule has 0 spiro atoms. The SMILES string of the molecule is COCC(C)CNc1ccc(C(=O)O)cc1Br. The second-order valence-corrected chi connectivity index (χ2v) is 4.80. The number of hydrogen-bond donors (Lipinski definition) is 2. The molecule has 0 aromatic heterocycles. The van der Waals surface area contributed by atoms with E-state index in [-0.39, 0.29) is 5.56 Å². The number of hydrogen-bond acceptors (Lipinski definition) is 3. The van der Waals surface area contributed by atoms with Crippen LogP contribution >= 0.6 is 15.9 Å². The van der Waals surface area contributed by atoms with Crippen LogP contribution in [0.1, 0.15) is 17.3 Å². The lowest BCUT2D eigenvalue weighted by Gasteiger charge is -2.14. The molecule has 0 fully saturated rings. The van der Waals surface area contributed by atoms with Crippen molar-refractivity contribution in [2.24, 2.45) is 5.92 Å². The van der Waals surface area contributed by atoms with Crippen LogP contribution in [0.2, 0.25) is 0 Å². The van der Waals surface area contributed by atoms with E-state index in [4.69, 9.17) is 9.84 Å². The molecule has 0 aliphatic carbocycles. The van der Waals surface area contributed by atoms with Crippen molar-refractivity contribution in [2.45, 2.75) is 6.92 Å². The Morgan fingerprint density at radius 3 is 2.82 bits per heavy atom. The second kappa shape index (κ2) is 6.61. The van der Waals surface area contributed by atoms with E-state index >= 15 is 0 Å². The van der Waals surface area contributed by atoms with Gasteiger partial charge in [0.25, 0.3) is 0 Å².